The zero-order valence-corrected chi connectivity index (χ0v) is 12.6. The summed E-state index contributed by atoms with van der Waals surface area (Å²) in [5.41, 5.74) is 2.72. The molecule has 0 N–H and O–H groups in total. The maximum Gasteiger partial charge on any atom is 0.256 e. The highest BCUT2D eigenvalue weighted by Gasteiger charge is 2.38. The van der Waals surface area contributed by atoms with Gasteiger partial charge in [-0.25, -0.2) is 0 Å². The Morgan fingerprint density at radius 1 is 1.35 bits per heavy atom. The molecule has 0 spiro atoms. The number of hydrogen-bond acceptors (Lipinski definition) is 4. The Bertz CT molecular complexity index is 786. The smallest absolute Gasteiger partial charge is 0.256 e. The molecule has 23 heavy (non-hydrogen) atoms. The van der Waals surface area contributed by atoms with E-state index in [0.717, 1.165) is 12.0 Å². The number of nitriles is 1. The number of rotatable bonds is 2. The molecule has 6 nitrogen and oxygen atoms in total. The number of nitrogens with zero attached hydrogens (tertiary/aromatic N) is 4. The number of aromatic nitrogens is 2. The van der Waals surface area contributed by atoms with E-state index in [1.807, 2.05) is 18.2 Å². The Morgan fingerprint density at radius 3 is 2.96 bits per heavy atom. The van der Waals surface area contributed by atoms with E-state index in [1.54, 1.807) is 22.0 Å². The zero-order valence-electron chi connectivity index (χ0n) is 12.6. The van der Waals surface area contributed by atoms with Gasteiger partial charge in [0.25, 0.3) is 5.91 Å². The molecular formula is C17H16N4O2. The summed E-state index contributed by atoms with van der Waals surface area (Å²) in [7, 11) is 0. The number of hydrogen-bond donors (Lipinski definition) is 0. The second kappa shape index (κ2) is 5.52. The summed E-state index contributed by atoms with van der Waals surface area (Å²) >= 11 is 0. The van der Waals surface area contributed by atoms with Gasteiger partial charge in [-0.15, -0.1) is 0 Å². The van der Waals surface area contributed by atoms with Crippen molar-refractivity contribution in [2.24, 2.45) is 0 Å². The summed E-state index contributed by atoms with van der Waals surface area (Å²) in [6.45, 7) is 1.79. The van der Waals surface area contributed by atoms with Crippen LogP contribution in [0.3, 0.4) is 0 Å². The molecule has 116 valence electrons. The number of carbonyl (C=O) groups excluding carboxylic acids is 1. The molecule has 0 aliphatic carbocycles. The lowest BCUT2D eigenvalue weighted by atomic mass is 9.95. The fraction of sp³-hybridized carbons (Fsp3) is 0.353. The van der Waals surface area contributed by atoms with E-state index in [-0.39, 0.29) is 11.9 Å². The average Bonchev–Trinajstić information content (AvgIpc) is 3.01. The SMILES string of the molecule is N#Cc1cnn(C2CN(C(=O)C3OCCc4ccccc43)C2)c1. The van der Waals surface area contributed by atoms with E-state index in [4.69, 9.17) is 10.00 Å². The van der Waals surface area contributed by atoms with Crippen LogP contribution in [-0.2, 0) is 16.0 Å². The highest BCUT2D eigenvalue weighted by atomic mass is 16.5. The van der Waals surface area contributed by atoms with E-state index in [0.29, 0.717) is 25.3 Å². The lowest BCUT2D eigenvalue weighted by Gasteiger charge is -2.41. The highest BCUT2D eigenvalue weighted by molar-refractivity contribution is 5.83. The van der Waals surface area contributed by atoms with Gasteiger partial charge in [-0.05, 0) is 17.5 Å². The summed E-state index contributed by atoms with van der Waals surface area (Å²) in [5, 5.41) is 13.0. The van der Waals surface area contributed by atoms with E-state index in [9.17, 15) is 4.79 Å². The number of fused-ring (bicyclic) bond motifs is 1. The molecule has 1 unspecified atom stereocenters. The third-order valence-corrected chi connectivity index (χ3v) is 4.50. The van der Waals surface area contributed by atoms with Crippen LogP contribution in [-0.4, -0.2) is 40.3 Å². The molecule has 2 aliphatic rings. The summed E-state index contributed by atoms with van der Waals surface area (Å²) < 4.78 is 7.49. The van der Waals surface area contributed by atoms with Gasteiger partial charge in [-0.1, -0.05) is 24.3 Å². The molecule has 1 saturated heterocycles. The minimum absolute atomic E-state index is 0.0149. The lowest BCUT2D eigenvalue weighted by molar-refractivity contribution is -0.151. The minimum Gasteiger partial charge on any atom is -0.363 e. The van der Waals surface area contributed by atoms with E-state index >= 15 is 0 Å². The molecule has 6 heteroatoms. The standard InChI is InChI=1S/C17H16N4O2/c18-7-12-8-19-21(9-12)14-10-20(11-14)17(22)16-15-4-2-1-3-13(15)5-6-23-16/h1-4,8-9,14,16H,5-6,10-11H2. The van der Waals surface area contributed by atoms with Crippen LogP contribution in [0.5, 0.6) is 0 Å². The van der Waals surface area contributed by atoms with Gasteiger partial charge in [0.2, 0.25) is 0 Å². The van der Waals surface area contributed by atoms with Crippen LogP contribution in [0.1, 0.15) is 28.8 Å². The quantitative estimate of drug-likeness (QED) is 0.842. The van der Waals surface area contributed by atoms with Gasteiger partial charge < -0.3 is 9.64 Å². The summed E-state index contributed by atoms with van der Waals surface area (Å²) in [6.07, 6.45) is 3.63. The van der Waals surface area contributed by atoms with E-state index < -0.39 is 6.10 Å². The highest BCUT2D eigenvalue weighted by Crippen LogP contribution is 2.31. The van der Waals surface area contributed by atoms with Crippen LogP contribution in [0.15, 0.2) is 36.7 Å². The second-order valence-corrected chi connectivity index (χ2v) is 5.92. The number of amides is 1. The molecule has 0 radical (unpaired) electrons. The maximum atomic E-state index is 12.7. The third kappa shape index (κ3) is 2.39. The molecule has 4 rings (SSSR count). The first-order chi connectivity index (χ1) is 11.3. The Labute approximate surface area is 133 Å². The lowest BCUT2D eigenvalue weighted by Crippen LogP contribution is -2.53. The van der Waals surface area contributed by atoms with Gasteiger partial charge in [0.05, 0.1) is 24.4 Å². The average molecular weight is 308 g/mol. The number of likely N-dealkylation sites (tertiary alicyclic amines) is 1. The molecule has 2 aromatic rings. The van der Waals surface area contributed by atoms with Crippen molar-refractivity contribution in [3.8, 4) is 6.07 Å². The van der Waals surface area contributed by atoms with Crippen molar-refractivity contribution in [3.05, 3.63) is 53.3 Å². The van der Waals surface area contributed by atoms with Crippen LogP contribution >= 0.6 is 0 Å². The Morgan fingerprint density at radius 2 is 2.17 bits per heavy atom. The minimum atomic E-state index is -0.492. The normalized spacial score (nSPS) is 20.5. The van der Waals surface area contributed by atoms with Gasteiger partial charge in [-0.2, -0.15) is 10.4 Å². The van der Waals surface area contributed by atoms with Gasteiger partial charge in [-0.3, -0.25) is 9.48 Å². The van der Waals surface area contributed by atoms with Crippen molar-refractivity contribution in [1.29, 1.82) is 5.26 Å². The van der Waals surface area contributed by atoms with Gasteiger partial charge in [0.1, 0.15) is 6.07 Å². The van der Waals surface area contributed by atoms with Crippen molar-refractivity contribution < 1.29 is 9.53 Å². The zero-order chi connectivity index (χ0) is 15.8. The van der Waals surface area contributed by atoms with Crippen molar-refractivity contribution in [2.75, 3.05) is 19.7 Å². The second-order valence-electron chi connectivity index (χ2n) is 5.92. The maximum absolute atomic E-state index is 12.7. The fourth-order valence-corrected chi connectivity index (χ4v) is 3.16. The van der Waals surface area contributed by atoms with Crippen molar-refractivity contribution in [1.82, 2.24) is 14.7 Å². The number of carbonyl (C=O) groups is 1. The molecule has 1 aromatic carbocycles. The van der Waals surface area contributed by atoms with Crippen molar-refractivity contribution >= 4 is 5.91 Å². The van der Waals surface area contributed by atoms with Gasteiger partial charge in [0, 0.05) is 19.3 Å². The largest absolute Gasteiger partial charge is 0.363 e. The summed E-state index contributed by atoms with van der Waals surface area (Å²) in [4.78, 5) is 14.5. The van der Waals surface area contributed by atoms with Crippen molar-refractivity contribution in [2.45, 2.75) is 18.6 Å². The van der Waals surface area contributed by atoms with Crippen LogP contribution in [0.25, 0.3) is 0 Å². The first-order valence-corrected chi connectivity index (χ1v) is 7.68. The van der Waals surface area contributed by atoms with Crippen LogP contribution in [0.2, 0.25) is 0 Å². The molecule has 0 bridgehead atoms. The van der Waals surface area contributed by atoms with Crippen LogP contribution in [0, 0.1) is 11.3 Å². The molecule has 2 aliphatic heterocycles. The Hall–Kier alpha value is -2.65. The van der Waals surface area contributed by atoms with Crippen LogP contribution < -0.4 is 0 Å². The molecule has 1 atom stereocenters. The molecule has 0 saturated carbocycles. The molecule has 1 fully saturated rings. The third-order valence-electron chi connectivity index (χ3n) is 4.50. The fourth-order valence-electron chi connectivity index (χ4n) is 3.16. The Balaban J connectivity index is 1.45. The molecule has 1 amide bonds. The molecular weight excluding hydrogens is 292 g/mol. The topological polar surface area (TPSA) is 71.2 Å². The Kier molecular flexibility index (Phi) is 3.36. The van der Waals surface area contributed by atoms with Gasteiger partial charge in [0.15, 0.2) is 6.10 Å². The number of benzene rings is 1. The first-order valence-electron chi connectivity index (χ1n) is 7.68. The summed E-state index contributed by atoms with van der Waals surface area (Å²) in [6, 6.07) is 10.2. The predicted octanol–water partition coefficient (Wildman–Crippen LogP) is 1.45. The molecule has 1 aromatic heterocycles. The first kappa shape index (κ1) is 14.0. The van der Waals surface area contributed by atoms with Gasteiger partial charge >= 0.3 is 0 Å². The monoisotopic (exact) mass is 308 g/mol. The number of ether oxygens (including phenoxy) is 1. The summed E-state index contributed by atoms with van der Waals surface area (Å²) in [5.74, 6) is 0.0149. The molecule has 3 heterocycles. The van der Waals surface area contributed by atoms with Crippen LogP contribution in [0.4, 0.5) is 0 Å². The van der Waals surface area contributed by atoms with Crippen molar-refractivity contribution in [3.63, 3.8) is 0 Å². The van der Waals surface area contributed by atoms with E-state index in [2.05, 4.69) is 17.2 Å². The van der Waals surface area contributed by atoms with E-state index in [1.165, 1.54) is 5.56 Å². The predicted molar refractivity (Wildman–Crippen MR) is 81.4 cm³/mol.